The predicted molar refractivity (Wildman–Crippen MR) is 65.8 cm³/mol. The summed E-state index contributed by atoms with van der Waals surface area (Å²) in [7, 11) is 3.58. The van der Waals surface area contributed by atoms with Gasteiger partial charge < -0.3 is 9.42 Å². The summed E-state index contributed by atoms with van der Waals surface area (Å²) in [4.78, 5) is 20.1. The summed E-state index contributed by atoms with van der Waals surface area (Å²) in [5.41, 5.74) is 0. The van der Waals surface area contributed by atoms with Crippen LogP contribution in [0.2, 0.25) is 0 Å². The second-order valence-electron chi connectivity index (χ2n) is 4.82. The SMILES string of the molecule is CCc1noc(CN2CCC[C@H]2C(=O)N(C)C)n1. The van der Waals surface area contributed by atoms with E-state index in [2.05, 4.69) is 15.0 Å². The Morgan fingerprint density at radius 3 is 2.94 bits per heavy atom. The molecule has 0 aliphatic carbocycles. The Balaban J connectivity index is 2.01. The number of hydrogen-bond donors (Lipinski definition) is 0. The zero-order chi connectivity index (χ0) is 13.1. The normalized spacial score (nSPS) is 20.3. The third-order valence-corrected chi connectivity index (χ3v) is 3.25. The number of carbonyl (C=O) groups is 1. The van der Waals surface area contributed by atoms with Crippen LogP contribution in [-0.4, -0.2) is 52.5 Å². The zero-order valence-corrected chi connectivity index (χ0v) is 11.2. The summed E-state index contributed by atoms with van der Waals surface area (Å²) in [6.45, 7) is 3.47. The highest BCUT2D eigenvalue weighted by Crippen LogP contribution is 2.20. The molecule has 6 nitrogen and oxygen atoms in total. The van der Waals surface area contributed by atoms with Crippen molar-refractivity contribution < 1.29 is 9.32 Å². The monoisotopic (exact) mass is 252 g/mol. The molecule has 1 atom stereocenters. The molecule has 1 aromatic rings. The number of aromatic nitrogens is 2. The van der Waals surface area contributed by atoms with Crippen molar-refractivity contribution in [1.82, 2.24) is 19.9 Å². The number of rotatable bonds is 4. The first-order valence-electron chi connectivity index (χ1n) is 6.38. The first-order valence-corrected chi connectivity index (χ1v) is 6.38. The number of likely N-dealkylation sites (N-methyl/N-ethyl adjacent to an activating group) is 1. The molecule has 0 radical (unpaired) electrons. The Labute approximate surface area is 107 Å². The van der Waals surface area contributed by atoms with Crippen molar-refractivity contribution in [2.24, 2.45) is 0 Å². The summed E-state index contributed by atoms with van der Waals surface area (Å²) in [5.74, 6) is 1.48. The molecular formula is C12H20N4O2. The van der Waals surface area contributed by atoms with Crippen LogP contribution in [0.3, 0.4) is 0 Å². The maximum absolute atomic E-state index is 12.0. The van der Waals surface area contributed by atoms with Crippen LogP contribution < -0.4 is 0 Å². The molecule has 1 aliphatic heterocycles. The number of amides is 1. The molecule has 0 N–H and O–H groups in total. The van der Waals surface area contributed by atoms with E-state index < -0.39 is 0 Å². The fraction of sp³-hybridized carbons (Fsp3) is 0.750. The lowest BCUT2D eigenvalue weighted by Crippen LogP contribution is -2.42. The largest absolute Gasteiger partial charge is 0.347 e. The summed E-state index contributed by atoms with van der Waals surface area (Å²) in [5, 5.41) is 3.87. The van der Waals surface area contributed by atoms with E-state index in [0.717, 1.165) is 31.6 Å². The number of aryl methyl sites for hydroxylation is 1. The van der Waals surface area contributed by atoms with E-state index in [-0.39, 0.29) is 11.9 Å². The van der Waals surface area contributed by atoms with Gasteiger partial charge in [0.2, 0.25) is 11.8 Å². The molecule has 0 bridgehead atoms. The van der Waals surface area contributed by atoms with Crippen LogP contribution in [0.4, 0.5) is 0 Å². The fourth-order valence-corrected chi connectivity index (χ4v) is 2.26. The van der Waals surface area contributed by atoms with Gasteiger partial charge in [-0.2, -0.15) is 4.98 Å². The lowest BCUT2D eigenvalue weighted by atomic mass is 10.2. The maximum Gasteiger partial charge on any atom is 0.240 e. The minimum Gasteiger partial charge on any atom is -0.347 e. The number of likely N-dealkylation sites (tertiary alicyclic amines) is 1. The van der Waals surface area contributed by atoms with Crippen molar-refractivity contribution >= 4 is 5.91 Å². The smallest absolute Gasteiger partial charge is 0.240 e. The molecule has 0 unspecified atom stereocenters. The highest BCUT2D eigenvalue weighted by Gasteiger charge is 2.32. The minimum atomic E-state index is -0.0445. The number of carbonyl (C=O) groups excluding carboxylic acids is 1. The van der Waals surface area contributed by atoms with Crippen LogP contribution in [0, 0.1) is 0 Å². The number of nitrogens with zero attached hydrogens (tertiary/aromatic N) is 4. The summed E-state index contributed by atoms with van der Waals surface area (Å²) >= 11 is 0. The first-order chi connectivity index (χ1) is 8.61. The third kappa shape index (κ3) is 2.69. The first kappa shape index (κ1) is 13.0. The van der Waals surface area contributed by atoms with E-state index in [1.54, 1.807) is 19.0 Å². The van der Waals surface area contributed by atoms with Crippen LogP contribution in [0.5, 0.6) is 0 Å². The molecule has 1 aromatic heterocycles. The van der Waals surface area contributed by atoms with Crippen molar-refractivity contribution in [2.75, 3.05) is 20.6 Å². The zero-order valence-electron chi connectivity index (χ0n) is 11.2. The van der Waals surface area contributed by atoms with E-state index in [1.807, 2.05) is 6.92 Å². The van der Waals surface area contributed by atoms with Gasteiger partial charge in [-0.15, -0.1) is 0 Å². The lowest BCUT2D eigenvalue weighted by Gasteiger charge is -2.24. The highest BCUT2D eigenvalue weighted by molar-refractivity contribution is 5.81. The Morgan fingerprint density at radius 2 is 2.33 bits per heavy atom. The van der Waals surface area contributed by atoms with Crippen molar-refractivity contribution in [3.63, 3.8) is 0 Å². The van der Waals surface area contributed by atoms with Crippen LogP contribution in [-0.2, 0) is 17.8 Å². The van der Waals surface area contributed by atoms with Gasteiger partial charge in [-0.25, -0.2) is 0 Å². The average Bonchev–Trinajstić information content (AvgIpc) is 2.97. The van der Waals surface area contributed by atoms with E-state index in [1.165, 1.54) is 0 Å². The standard InChI is InChI=1S/C12H20N4O2/c1-4-10-13-11(18-14-10)8-16-7-5-6-9(16)12(17)15(2)3/h9H,4-8H2,1-3H3/t9-/m0/s1. The second-order valence-corrected chi connectivity index (χ2v) is 4.82. The van der Waals surface area contributed by atoms with Gasteiger partial charge >= 0.3 is 0 Å². The molecular weight excluding hydrogens is 232 g/mol. The molecule has 0 saturated carbocycles. The molecule has 6 heteroatoms. The maximum atomic E-state index is 12.0. The van der Waals surface area contributed by atoms with Crippen LogP contribution >= 0.6 is 0 Å². The number of hydrogen-bond acceptors (Lipinski definition) is 5. The van der Waals surface area contributed by atoms with Gasteiger partial charge in [-0.05, 0) is 19.4 Å². The van der Waals surface area contributed by atoms with Crippen LogP contribution in [0.15, 0.2) is 4.52 Å². The van der Waals surface area contributed by atoms with Gasteiger partial charge in [0.05, 0.1) is 12.6 Å². The molecule has 2 rings (SSSR count). The molecule has 1 saturated heterocycles. The van der Waals surface area contributed by atoms with Crippen molar-refractivity contribution in [2.45, 2.75) is 38.8 Å². The van der Waals surface area contributed by atoms with Crippen LogP contribution in [0.1, 0.15) is 31.5 Å². The molecule has 2 heterocycles. The predicted octanol–water partition coefficient (Wildman–Crippen LogP) is 0.685. The average molecular weight is 252 g/mol. The van der Waals surface area contributed by atoms with E-state index >= 15 is 0 Å². The van der Waals surface area contributed by atoms with Gasteiger partial charge in [0.15, 0.2) is 5.82 Å². The lowest BCUT2D eigenvalue weighted by molar-refractivity contribution is -0.133. The highest BCUT2D eigenvalue weighted by atomic mass is 16.5. The molecule has 1 fully saturated rings. The molecule has 0 aromatic carbocycles. The Kier molecular flexibility index (Phi) is 3.96. The quantitative estimate of drug-likeness (QED) is 0.788. The van der Waals surface area contributed by atoms with Gasteiger partial charge in [0, 0.05) is 20.5 Å². The second kappa shape index (κ2) is 5.48. The molecule has 18 heavy (non-hydrogen) atoms. The Hall–Kier alpha value is -1.43. The fourth-order valence-electron chi connectivity index (χ4n) is 2.26. The Bertz CT molecular complexity index is 416. The van der Waals surface area contributed by atoms with E-state index in [4.69, 9.17) is 4.52 Å². The molecule has 1 aliphatic rings. The van der Waals surface area contributed by atoms with E-state index in [0.29, 0.717) is 12.4 Å². The summed E-state index contributed by atoms with van der Waals surface area (Å²) in [6, 6.07) is -0.0445. The molecule has 100 valence electrons. The topological polar surface area (TPSA) is 62.5 Å². The van der Waals surface area contributed by atoms with Crippen molar-refractivity contribution in [3.05, 3.63) is 11.7 Å². The van der Waals surface area contributed by atoms with Gasteiger partial charge in [0.1, 0.15) is 0 Å². The molecule has 1 amide bonds. The van der Waals surface area contributed by atoms with E-state index in [9.17, 15) is 4.79 Å². The summed E-state index contributed by atoms with van der Waals surface area (Å²) in [6.07, 6.45) is 2.72. The van der Waals surface area contributed by atoms with Gasteiger partial charge in [0.25, 0.3) is 0 Å². The third-order valence-electron chi connectivity index (χ3n) is 3.25. The summed E-state index contributed by atoms with van der Waals surface area (Å²) < 4.78 is 5.18. The minimum absolute atomic E-state index is 0.0445. The van der Waals surface area contributed by atoms with Crippen molar-refractivity contribution in [3.8, 4) is 0 Å². The Morgan fingerprint density at radius 1 is 1.56 bits per heavy atom. The van der Waals surface area contributed by atoms with Gasteiger partial charge in [-0.3, -0.25) is 9.69 Å². The van der Waals surface area contributed by atoms with Gasteiger partial charge in [-0.1, -0.05) is 12.1 Å². The van der Waals surface area contributed by atoms with Crippen molar-refractivity contribution in [1.29, 1.82) is 0 Å². The molecule has 0 spiro atoms. The van der Waals surface area contributed by atoms with Crippen LogP contribution in [0.25, 0.3) is 0 Å².